The zero-order valence-electron chi connectivity index (χ0n) is 9.86. The largest absolute Gasteiger partial charge is 0.453 e. The summed E-state index contributed by atoms with van der Waals surface area (Å²) in [6.07, 6.45) is -13.1. The van der Waals surface area contributed by atoms with E-state index in [9.17, 15) is 39.5 Å². The Labute approximate surface area is 128 Å². The van der Waals surface area contributed by atoms with E-state index in [0.29, 0.717) is 0 Å². The van der Waals surface area contributed by atoms with Gasteiger partial charge in [-0.25, -0.2) is 17.6 Å². The van der Waals surface area contributed by atoms with Crippen LogP contribution >= 0.6 is 33.2 Å². The molecule has 0 saturated carbocycles. The summed E-state index contributed by atoms with van der Waals surface area (Å²) in [7, 11) is 0. The van der Waals surface area contributed by atoms with Crippen molar-refractivity contribution >= 4 is 39.2 Å². The lowest BCUT2D eigenvalue weighted by atomic mass is 10.0. The van der Waals surface area contributed by atoms with Gasteiger partial charge in [0.05, 0.1) is 12.8 Å². The zero-order chi connectivity index (χ0) is 17.3. The van der Waals surface area contributed by atoms with E-state index in [0.717, 1.165) is 0 Å². The fourth-order valence-corrected chi connectivity index (χ4v) is 2.78. The van der Waals surface area contributed by atoms with Crippen molar-refractivity contribution < 1.29 is 39.5 Å². The Hall–Kier alpha value is 0.457. The van der Waals surface area contributed by atoms with E-state index < -0.39 is 55.3 Å². The van der Waals surface area contributed by atoms with Gasteiger partial charge in [-0.2, -0.15) is 22.0 Å². The minimum Gasteiger partial charge on any atom is -0.207 e. The smallest absolute Gasteiger partial charge is 0.207 e. The molecule has 0 aliphatic rings. The fraction of sp³-hybridized carbons (Fsp3) is 1.00. The van der Waals surface area contributed by atoms with Crippen LogP contribution in [0.25, 0.3) is 0 Å². The Kier molecular flexibility index (Phi) is 6.66. The standard InChI is InChI=1S/C8H8Cl3F9Si/c9-21(10,11)2-1-5(12,13)3-6(14,15)4-7(16,17)8(18,19)20/h1-4H2. The van der Waals surface area contributed by atoms with Gasteiger partial charge in [-0.15, -0.1) is 33.2 Å². The van der Waals surface area contributed by atoms with Crippen molar-refractivity contribution in [2.45, 2.75) is 49.3 Å². The van der Waals surface area contributed by atoms with Crippen LogP contribution in [0.3, 0.4) is 0 Å². The molecule has 0 atom stereocenters. The van der Waals surface area contributed by atoms with E-state index in [1.807, 2.05) is 0 Å². The molecule has 0 fully saturated rings. The molecule has 0 aromatic heterocycles. The average molecular weight is 410 g/mol. The van der Waals surface area contributed by atoms with E-state index >= 15 is 0 Å². The van der Waals surface area contributed by atoms with Crippen LogP contribution < -0.4 is 0 Å². The summed E-state index contributed by atoms with van der Waals surface area (Å²) in [6, 6.07) is -4.30. The molecule has 0 amide bonds. The third-order valence-corrected chi connectivity index (χ3v) is 4.70. The molecule has 0 aliphatic heterocycles. The van der Waals surface area contributed by atoms with Gasteiger partial charge in [-0.3, -0.25) is 0 Å². The van der Waals surface area contributed by atoms with Crippen LogP contribution in [0.15, 0.2) is 0 Å². The number of hydrogen-bond donors (Lipinski definition) is 0. The molecule has 0 bridgehead atoms. The summed E-state index contributed by atoms with van der Waals surface area (Å²) < 4.78 is 113. The van der Waals surface area contributed by atoms with Crippen LogP contribution in [0.4, 0.5) is 39.5 Å². The second-order valence-electron chi connectivity index (χ2n) is 4.38. The maximum atomic E-state index is 13.2. The summed E-state index contributed by atoms with van der Waals surface area (Å²) in [5.41, 5.74) is 0. The van der Waals surface area contributed by atoms with Crippen molar-refractivity contribution in [1.82, 2.24) is 0 Å². The Morgan fingerprint density at radius 3 is 1.43 bits per heavy atom. The second kappa shape index (κ2) is 6.52. The third-order valence-electron chi connectivity index (χ3n) is 2.19. The van der Waals surface area contributed by atoms with E-state index in [4.69, 9.17) is 33.2 Å². The van der Waals surface area contributed by atoms with Crippen molar-refractivity contribution in [1.29, 1.82) is 0 Å². The SMILES string of the molecule is FC(F)(CC[Si](Cl)(Cl)Cl)CC(F)(F)CC(F)(F)C(F)(F)F. The van der Waals surface area contributed by atoms with Gasteiger partial charge in [0, 0.05) is 6.42 Å². The summed E-state index contributed by atoms with van der Waals surface area (Å²) in [5.74, 6) is -14.9. The van der Waals surface area contributed by atoms with Crippen molar-refractivity contribution in [2.24, 2.45) is 0 Å². The minimum atomic E-state index is -6.25. The lowest BCUT2D eigenvalue weighted by molar-refractivity contribution is -0.303. The first-order valence-electron chi connectivity index (χ1n) is 5.14. The highest BCUT2D eigenvalue weighted by molar-refractivity contribution is 7.64. The Morgan fingerprint density at radius 1 is 0.667 bits per heavy atom. The fourth-order valence-electron chi connectivity index (χ4n) is 1.28. The Balaban J connectivity index is 4.80. The number of alkyl halides is 9. The highest BCUT2D eigenvalue weighted by Gasteiger charge is 2.62. The quantitative estimate of drug-likeness (QED) is 0.264. The van der Waals surface area contributed by atoms with E-state index in [-0.39, 0.29) is 0 Å². The van der Waals surface area contributed by atoms with Crippen molar-refractivity contribution in [2.75, 3.05) is 0 Å². The molecule has 0 aromatic carbocycles. The molecule has 13 heteroatoms. The molecule has 0 saturated heterocycles. The first-order chi connectivity index (χ1) is 8.87. The predicted octanol–water partition coefficient (Wildman–Crippen LogP) is 6.28. The van der Waals surface area contributed by atoms with Crippen LogP contribution in [0, 0.1) is 0 Å². The van der Waals surface area contributed by atoms with Crippen molar-refractivity contribution in [3.05, 3.63) is 0 Å². The van der Waals surface area contributed by atoms with E-state index in [2.05, 4.69) is 0 Å². The van der Waals surface area contributed by atoms with Gasteiger partial charge in [-0.1, -0.05) is 0 Å². The molecule has 0 unspecified atom stereocenters. The van der Waals surface area contributed by atoms with Crippen LogP contribution in [0.5, 0.6) is 0 Å². The normalized spacial score (nSPS) is 15.4. The molecule has 0 aliphatic carbocycles. The topological polar surface area (TPSA) is 0 Å². The van der Waals surface area contributed by atoms with Crippen LogP contribution in [0.2, 0.25) is 6.04 Å². The third kappa shape index (κ3) is 8.61. The maximum Gasteiger partial charge on any atom is 0.453 e. The Morgan fingerprint density at radius 2 is 1.10 bits per heavy atom. The molecule has 0 spiro atoms. The van der Waals surface area contributed by atoms with Gasteiger partial charge in [0.1, 0.15) is 0 Å². The van der Waals surface area contributed by atoms with Crippen molar-refractivity contribution in [3.63, 3.8) is 0 Å². The highest BCUT2D eigenvalue weighted by atomic mass is 35.8. The van der Waals surface area contributed by atoms with Crippen molar-refractivity contribution in [3.8, 4) is 0 Å². The summed E-state index contributed by atoms with van der Waals surface area (Å²) >= 11 is 15.8. The number of halogens is 12. The molecule has 0 nitrogen and oxygen atoms in total. The molecule has 0 rings (SSSR count). The first-order valence-corrected chi connectivity index (χ1v) is 10.4. The monoisotopic (exact) mass is 408 g/mol. The molecule has 0 radical (unpaired) electrons. The molecule has 0 heterocycles. The van der Waals surface area contributed by atoms with E-state index in [1.54, 1.807) is 0 Å². The van der Waals surface area contributed by atoms with Crippen LogP contribution in [0.1, 0.15) is 19.3 Å². The molecule has 128 valence electrons. The van der Waals surface area contributed by atoms with Gasteiger partial charge in [-0.05, 0) is 6.04 Å². The second-order valence-corrected chi connectivity index (χ2v) is 13.7. The van der Waals surface area contributed by atoms with Gasteiger partial charge >= 0.3 is 18.1 Å². The zero-order valence-corrected chi connectivity index (χ0v) is 13.1. The van der Waals surface area contributed by atoms with Gasteiger partial charge in [0.25, 0.3) is 11.8 Å². The average Bonchev–Trinajstić information content (AvgIpc) is 2.07. The summed E-state index contributed by atoms with van der Waals surface area (Å²) in [5, 5.41) is 0. The predicted molar refractivity (Wildman–Crippen MR) is 62.9 cm³/mol. The lowest BCUT2D eigenvalue weighted by Gasteiger charge is -2.28. The molecule has 21 heavy (non-hydrogen) atoms. The van der Waals surface area contributed by atoms with Crippen LogP contribution in [-0.4, -0.2) is 29.9 Å². The minimum absolute atomic E-state index is 0.740. The summed E-state index contributed by atoms with van der Waals surface area (Å²) in [4.78, 5) is 0. The van der Waals surface area contributed by atoms with Gasteiger partial charge in [0.2, 0.25) is 0 Å². The number of hydrogen-bond acceptors (Lipinski definition) is 0. The number of rotatable bonds is 7. The highest BCUT2D eigenvalue weighted by Crippen LogP contribution is 2.46. The van der Waals surface area contributed by atoms with Crippen LogP contribution in [-0.2, 0) is 0 Å². The van der Waals surface area contributed by atoms with Gasteiger partial charge in [0.15, 0.2) is 0 Å². The maximum absolute atomic E-state index is 13.2. The molecular formula is C8H8Cl3F9Si. The molecule has 0 aromatic rings. The lowest BCUT2D eigenvalue weighted by Crippen LogP contribution is -2.43. The van der Waals surface area contributed by atoms with E-state index in [1.165, 1.54) is 0 Å². The molecule has 0 N–H and O–H groups in total. The van der Waals surface area contributed by atoms with Gasteiger partial charge < -0.3 is 0 Å². The molecular weight excluding hydrogens is 402 g/mol. The summed E-state index contributed by atoms with van der Waals surface area (Å²) in [6.45, 7) is 0. The first kappa shape index (κ1) is 21.5. The Bertz CT molecular complexity index is 350.